The number of furan rings is 1. The Morgan fingerprint density at radius 1 is 1.25 bits per heavy atom. The van der Waals surface area contributed by atoms with Crippen molar-refractivity contribution in [3.8, 4) is 0 Å². The number of hydrogen-bond donors (Lipinski definition) is 0. The summed E-state index contributed by atoms with van der Waals surface area (Å²) in [6, 6.07) is 4.29. The fourth-order valence-electron chi connectivity index (χ4n) is 4.78. The first-order valence-corrected chi connectivity index (χ1v) is 10.7. The van der Waals surface area contributed by atoms with Gasteiger partial charge in [-0.1, -0.05) is 19.3 Å². The van der Waals surface area contributed by atoms with E-state index in [4.69, 9.17) is 4.42 Å². The number of fused-ring (bicyclic) bond motifs is 1. The average Bonchev–Trinajstić information content (AvgIpc) is 3.28. The summed E-state index contributed by atoms with van der Waals surface area (Å²) in [4.78, 5) is 17.5. The summed E-state index contributed by atoms with van der Waals surface area (Å²) in [6.07, 6.45) is 11.4. The Morgan fingerprint density at radius 2 is 2.00 bits per heavy atom. The number of nitrogens with zero attached hydrogens (tertiary/aromatic N) is 4. The van der Waals surface area contributed by atoms with Crippen LogP contribution >= 0.6 is 0 Å². The van der Waals surface area contributed by atoms with Crippen LogP contribution in [0.3, 0.4) is 0 Å². The lowest BCUT2D eigenvalue weighted by molar-refractivity contribution is 0.0766. The highest BCUT2D eigenvalue weighted by atomic mass is 16.3. The van der Waals surface area contributed by atoms with Gasteiger partial charge in [-0.15, -0.1) is 0 Å². The minimum atomic E-state index is -0.0124. The lowest BCUT2D eigenvalue weighted by Gasteiger charge is -2.35. The van der Waals surface area contributed by atoms with Crippen LogP contribution in [0.2, 0.25) is 0 Å². The molecule has 0 bridgehead atoms. The molecule has 1 saturated heterocycles. The molecule has 1 atom stereocenters. The van der Waals surface area contributed by atoms with Gasteiger partial charge in [-0.3, -0.25) is 9.48 Å². The fourth-order valence-corrected chi connectivity index (χ4v) is 4.78. The summed E-state index contributed by atoms with van der Waals surface area (Å²) in [6.45, 7) is 2.86. The van der Waals surface area contributed by atoms with Crippen molar-refractivity contribution in [3.63, 3.8) is 0 Å². The largest absolute Gasteiger partial charge is 0.467 e. The molecule has 28 heavy (non-hydrogen) atoms. The van der Waals surface area contributed by atoms with E-state index in [9.17, 15) is 4.79 Å². The number of aryl methyl sites for hydroxylation is 1. The molecule has 1 aliphatic heterocycles. The molecular formula is C22H32N4O2. The second-order valence-corrected chi connectivity index (χ2v) is 8.34. The molecule has 0 N–H and O–H groups in total. The number of aromatic nitrogens is 2. The van der Waals surface area contributed by atoms with E-state index in [2.05, 4.69) is 10.00 Å². The lowest BCUT2D eigenvalue weighted by atomic mass is 9.89. The highest BCUT2D eigenvalue weighted by Crippen LogP contribution is 2.29. The van der Waals surface area contributed by atoms with Gasteiger partial charge in [-0.2, -0.15) is 5.10 Å². The van der Waals surface area contributed by atoms with Crippen LogP contribution in [-0.4, -0.2) is 51.7 Å². The molecule has 6 heteroatoms. The van der Waals surface area contributed by atoms with Gasteiger partial charge in [0.15, 0.2) is 5.69 Å². The van der Waals surface area contributed by atoms with E-state index in [1.165, 1.54) is 57.3 Å². The zero-order valence-corrected chi connectivity index (χ0v) is 17.2. The van der Waals surface area contributed by atoms with E-state index >= 15 is 0 Å². The smallest absolute Gasteiger partial charge is 0.274 e. The maximum atomic E-state index is 13.1. The zero-order chi connectivity index (χ0) is 19.5. The van der Waals surface area contributed by atoms with Crippen molar-refractivity contribution in [1.82, 2.24) is 19.6 Å². The second-order valence-electron chi connectivity index (χ2n) is 8.34. The molecule has 1 amide bonds. The van der Waals surface area contributed by atoms with Gasteiger partial charge in [0.1, 0.15) is 5.76 Å². The minimum Gasteiger partial charge on any atom is -0.467 e. The highest BCUT2D eigenvalue weighted by Gasteiger charge is 2.32. The number of likely N-dealkylation sites (tertiary alicyclic amines) is 1. The standard InChI is InChI=1S/C22H32N4O2/c1-24(16-18-9-8-14-28-18)22(27)21-19-15-17(10-11-20(19)25(2)23-21)26-12-6-4-3-5-7-13-26/h8-9,14,17H,3-7,10-13,15-16H2,1-2H3. The van der Waals surface area contributed by atoms with E-state index < -0.39 is 0 Å². The van der Waals surface area contributed by atoms with Crippen molar-refractivity contribution in [2.24, 2.45) is 7.05 Å². The Balaban J connectivity index is 1.51. The molecule has 152 valence electrons. The molecule has 1 unspecified atom stereocenters. The van der Waals surface area contributed by atoms with Crippen LogP contribution in [0.4, 0.5) is 0 Å². The Morgan fingerprint density at radius 3 is 2.71 bits per heavy atom. The first-order valence-electron chi connectivity index (χ1n) is 10.7. The topological polar surface area (TPSA) is 54.5 Å². The van der Waals surface area contributed by atoms with Gasteiger partial charge in [0.05, 0.1) is 12.8 Å². The van der Waals surface area contributed by atoms with Gasteiger partial charge in [0.25, 0.3) is 5.91 Å². The molecule has 6 nitrogen and oxygen atoms in total. The quantitative estimate of drug-likeness (QED) is 0.811. The molecule has 4 rings (SSSR count). The first kappa shape index (κ1) is 19.2. The molecule has 0 aromatic carbocycles. The van der Waals surface area contributed by atoms with Gasteiger partial charge in [-0.05, 0) is 57.3 Å². The van der Waals surface area contributed by atoms with E-state index in [0.29, 0.717) is 18.3 Å². The molecular weight excluding hydrogens is 352 g/mol. The van der Waals surface area contributed by atoms with Crippen LogP contribution in [0.15, 0.2) is 22.8 Å². The Bertz CT molecular complexity index is 788. The minimum absolute atomic E-state index is 0.0124. The SMILES string of the molecule is CN(Cc1ccco1)C(=O)c1nn(C)c2c1CC(N1CCCCCCC1)CC2. The third-order valence-electron chi connectivity index (χ3n) is 6.36. The summed E-state index contributed by atoms with van der Waals surface area (Å²) in [5, 5.41) is 4.63. The van der Waals surface area contributed by atoms with Gasteiger partial charge in [-0.25, -0.2) is 0 Å². The molecule has 2 aromatic rings. The molecule has 2 aliphatic rings. The number of hydrogen-bond acceptors (Lipinski definition) is 4. The van der Waals surface area contributed by atoms with Crippen molar-refractivity contribution >= 4 is 5.91 Å². The number of amides is 1. The highest BCUT2D eigenvalue weighted by molar-refractivity contribution is 5.94. The molecule has 0 saturated carbocycles. The van der Waals surface area contributed by atoms with Crippen LogP contribution in [0.5, 0.6) is 0 Å². The maximum Gasteiger partial charge on any atom is 0.274 e. The van der Waals surface area contributed by atoms with E-state index in [1.54, 1.807) is 11.2 Å². The molecule has 0 spiro atoms. The van der Waals surface area contributed by atoms with Gasteiger partial charge in [0, 0.05) is 31.4 Å². The van der Waals surface area contributed by atoms with Crippen molar-refractivity contribution < 1.29 is 9.21 Å². The van der Waals surface area contributed by atoms with Crippen molar-refractivity contribution in [2.45, 2.75) is 64.0 Å². The molecule has 3 heterocycles. The number of carbonyl (C=O) groups is 1. The Hall–Kier alpha value is -2.08. The first-order chi connectivity index (χ1) is 13.6. The third-order valence-corrected chi connectivity index (χ3v) is 6.36. The van der Waals surface area contributed by atoms with Crippen molar-refractivity contribution in [3.05, 3.63) is 41.1 Å². The molecule has 1 aliphatic carbocycles. The van der Waals surface area contributed by atoms with Gasteiger partial charge in [0.2, 0.25) is 0 Å². The van der Waals surface area contributed by atoms with Crippen LogP contribution in [0, 0.1) is 0 Å². The monoisotopic (exact) mass is 384 g/mol. The summed E-state index contributed by atoms with van der Waals surface area (Å²) < 4.78 is 7.32. The Kier molecular flexibility index (Phi) is 5.85. The molecule has 1 fully saturated rings. The average molecular weight is 385 g/mol. The number of rotatable bonds is 4. The normalized spacial score (nSPS) is 21.0. The van der Waals surface area contributed by atoms with Gasteiger partial charge >= 0.3 is 0 Å². The summed E-state index contributed by atoms with van der Waals surface area (Å²) in [5.74, 6) is 0.778. The number of carbonyl (C=O) groups excluding carboxylic acids is 1. The van der Waals surface area contributed by atoms with E-state index in [-0.39, 0.29) is 5.91 Å². The zero-order valence-electron chi connectivity index (χ0n) is 17.2. The maximum absolute atomic E-state index is 13.1. The van der Waals surface area contributed by atoms with Crippen LogP contribution < -0.4 is 0 Å². The summed E-state index contributed by atoms with van der Waals surface area (Å²) >= 11 is 0. The second kappa shape index (κ2) is 8.52. The fraction of sp³-hybridized carbons (Fsp3) is 0.636. The summed E-state index contributed by atoms with van der Waals surface area (Å²) in [5.41, 5.74) is 3.03. The molecule has 2 aromatic heterocycles. The van der Waals surface area contributed by atoms with Crippen LogP contribution in [0.25, 0.3) is 0 Å². The van der Waals surface area contributed by atoms with Crippen LogP contribution in [0.1, 0.15) is 66.0 Å². The van der Waals surface area contributed by atoms with Crippen molar-refractivity contribution in [1.29, 1.82) is 0 Å². The predicted octanol–water partition coefficient (Wildman–Crippen LogP) is 3.41. The van der Waals surface area contributed by atoms with Gasteiger partial charge < -0.3 is 14.2 Å². The Labute approximate surface area is 167 Å². The molecule has 0 radical (unpaired) electrons. The summed E-state index contributed by atoms with van der Waals surface area (Å²) in [7, 11) is 3.79. The van der Waals surface area contributed by atoms with E-state index in [0.717, 1.165) is 24.2 Å². The van der Waals surface area contributed by atoms with E-state index in [1.807, 2.05) is 30.9 Å². The van der Waals surface area contributed by atoms with Crippen molar-refractivity contribution in [2.75, 3.05) is 20.1 Å². The van der Waals surface area contributed by atoms with Crippen LogP contribution in [-0.2, 0) is 26.4 Å². The third kappa shape index (κ3) is 4.02. The lowest BCUT2D eigenvalue weighted by Crippen LogP contribution is -2.41. The predicted molar refractivity (Wildman–Crippen MR) is 108 cm³/mol.